The van der Waals surface area contributed by atoms with Crippen molar-refractivity contribution in [3.05, 3.63) is 0 Å². The van der Waals surface area contributed by atoms with E-state index in [2.05, 4.69) is 9.26 Å². The lowest BCUT2D eigenvalue weighted by atomic mass is 10.2. The summed E-state index contributed by atoms with van der Waals surface area (Å²) in [6.45, 7) is -0.381. The lowest BCUT2D eigenvalue weighted by Gasteiger charge is -2.06. The zero-order chi connectivity index (χ0) is 8.97. The fourth-order valence-electron chi connectivity index (χ4n) is 0.796. The smallest absolute Gasteiger partial charge is 0.337 e. The third-order valence-electron chi connectivity index (χ3n) is 1.62. The maximum atomic E-state index is 10.8. The van der Waals surface area contributed by atoms with Gasteiger partial charge in [0.05, 0.1) is 0 Å². The summed E-state index contributed by atoms with van der Waals surface area (Å²) in [5, 5.41) is 9.15. The monoisotopic (exact) mass is 192 g/mol. The Bertz CT molecular complexity index is 179. The minimum Gasteiger partial charge on any atom is -0.436 e. The van der Waals surface area contributed by atoms with Crippen molar-refractivity contribution in [2.45, 2.75) is 18.9 Å². The van der Waals surface area contributed by atoms with Crippen LogP contribution in [0.4, 0.5) is 0 Å². The molecule has 0 heterocycles. The second-order valence-electron chi connectivity index (χ2n) is 2.57. The highest BCUT2D eigenvalue weighted by Crippen LogP contribution is 2.32. The van der Waals surface area contributed by atoms with Gasteiger partial charge in [-0.2, -0.15) is 0 Å². The van der Waals surface area contributed by atoms with E-state index in [0.29, 0.717) is 0 Å². The van der Waals surface area contributed by atoms with Gasteiger partial charge < -0.3 is 9.84 Å². The average Bonchev–Trinajstić information content (AvgIpc) is 2.86. The number of carbonyl (C=O) groups is 1. The number of hydrogen-bond acceptors (Lipinski definition) is 5. The van der Waals surface area contributed by atoms with Crippen molar-refractivity contribution < 1.29 is 23.7 Å². The van der Waals surface area contributed by atoms with Crippen LogP contribution in [-0.4, -0.2) is 24.0 Å². The summed E-state index contributed by atoms with van der Waals surface area (Å²) in [5.41, 5.74) is 0. The van der Waals surface area contributed by atoms with E-state index in [0.717, 1.165) is 12.8 Å². The third-order valence-corrected chi connectivity index (χ3v) is 1.83. The van der Waals surface area contributed by atoms with Gasteiger partial charge in [-0.1, -0.05) is 0 Å². The maximum Gasteiger partial charge on any atom is 0.337 e. The molecule has 1 rings (SSSR count). The van der Waals surface area contributed by atoms with Crippen LogP contribution in [-0.2, 0) is 18.6 Å². The molecule has 0 aliphatic heterocycles. The van der Waals surface area contributed by atoms with Crippen LogP contribution in [0.5, 0.6) is 0 Å². The number of rotatable bonds is 5. The predicted molar refractivity (Wildman–Crippen MR) is 38.4 cm³/mol. The Morgan fingerprint density at radius 3 is 2.83 bits per heavy atom. The Morgan fingerprint density at radius 1 is 1.67 bits per heavy atom. The van der Waals surface area contributed by atoms with Gasteiger partial charge in [0.1, 0.15) is 0 Å². The first-order valence-corrected chi connectivity index (χ1v) is 4.28. The molecule has 0 aromatic carbocycles. The number of esters is 1. The summed E-state index contributed by atoms with van der Waals surface area (Å²) < 4.78 is 18.4. The molecule has 1 N–H and O–H groups in total. The first-order valence-electron chi connectivity index (χ1n) is 3.55. The number of ether oxygens (including phenoxy) is 1. The quantitative estimate of drug-likeness (QED) is 0.297. The van der Waals surface area contributed by atoms with Gasteiger partial charge in [-0.15, -0.1) is 0 Å². The lowest BCUT2D eigenvalue weighted by molar-refractivity contribution is -0.160. The van der Waals surface area contributed by atoms with Crippen molar-refractivity contribution in [2.24, 2.45) is 5.92 Å². The van der Waals surface area contributed by atoms with E-state index in [1.54, 1.807) is 0 Å². The van der Waals surface area contributed by atoms with Crippen LogP contribution in [0.1, 0.15) is 12.8 Å². The molecule has 1 saturated carbocycles. The third kappa shape index (κ3) is 2.85. The van der Waals surface area contributed by atoms with Gasteiger partial charge >= 0.3 is 14.7 Å². The highest BCUT2D eigenvalue weighted by Gasteiger charge is 2.35. The van der Waals surface area contributed by atoms with Gasteiger partial charge in [0.15, 0.2) is 6.10 Å². The normalized spacial score (nSPS) is 19.1. The maximum absolute atomic E-state index is 10.8. The minimum absolute atomic E-state index is 0.0438. The molecule has 0 spiro atoms. The van der Waals surface area contributed by atoms with Crippen LogP contribution < -0.4 is 0 Å². The Kier molecular flexibility index (Phi) is 3.59. The summed E-state index contributed by atoms with van der Waals surface area (Å²) in [5.74, 6) is -0.663. The second-order valence-corrected chi connectivity index (χ2v) is 2.97. The van der Waals surface area contributed by atoms with Gasteiger partial charge in [-0.05, 0) is 18.8 Å². The predicted octanol–water partition coefficient (Wildman–Crippen LogP) is 0.481. The first kappa shape index (κ1) is 9.58. The molecule has 0 amide bonds. The zero-order valence-corrected chi connectivity index (χ0v) is 7.20. The molecule has 68 valence electrons. The zero-order valence-electron chi connectivity index (χ0n) is 6.30. The van der Waals surface area contributed by atoms with Gasteiger partial charge in [-0.25, -0.2) is 9.36 Å². The van der Waals surface area contributed by atoms with Crippen LogP contribution in [0, 0.1) is 5.92 Å². The highest BCUT2D eigenvalue weighted by atomic mass is 31.1. The summed E-state index contributed by atoms with van der Waals surface area (Å²) in [7, 11) is -0.539. The van der Waals surface area contributed by atoms with Crippen LogP contribution in [0.25, 0.3) is 0 Å². The van der Waals surface area contributed by atoms with Crippen LogP contribution in [0.2, 0.25) is 0 Å². The van der Waals surface area contributed by atoms with Gasteiger partial charge in [0.2, 0.25) is 6.79 Å². The molecule has 0 saturated heterocycles. The van der Waals surface area contributed by atoms with Crippen molar-refractivity contribution in [3.8, 4) is 0 Å². The molecule has 0 radical (unpaired) electrons. The van der Waals surface area contributed by atoms with Crippen LogP contribution in [0.15, 0.2) is 0 Å². The standard InChI is InChI=1S/C6H9O5P/c7-5(4-1-2-4)6(8)10-3-11-12-9/h4-5,7H,1-3H2. The van der Waals surface area contributed by atoms with E-state index >= 15 is 0 Å². The summed E-state index contributed by atoms with van der Waals surface area (Å²) >= 11 is 0. The second kappa shape index (κ2) is 4.50. The largest absolute Gasteiger partial charge is 0.436 e. The fraction of sp³-hybridized carbons (Fsp3) is 0.833. The molecule has 12 heavy (non-hydrogen) atoms. The van der Waals surface area contributed by atoms with E-state index in [1.807, 2.05) is 0 Å². The molecular formula is C6H9O5P. The van der Waals surface area contributed by atoms with Crippen molar-refractivity contribution in [2.75, 3.05) is 6.79 Å². The summed E-state index contributed by atoms with van der Waals surface area (Å²) in [4.78, 5) is 10.8. The van der Waals surface area contributed by atoms with Gasteiger partial charge in [0, 0.05) is 0 Å². The number of hydrogen-bond donors (Lipinski definition) is 1. The molecule has 1 unspecified atom stereocenters. The van der Waals surface area contributed by atoms with Crippen molar-refractivity contribution in [1.29, 1.82) is 0 Å². The Morgan fingerprint density at radius 2 is 2.33 bits per heavy atom. The van der Waals surface area contributed by atoms with E-state index in [4.69, 9.17) is 5.11 Å². The lowest BCUT2D eigenvalue weighted by Crippen LogP contribution is -2.25. The Balaban J connectivity index is 2.13. The molecule has 1 aliphatic rings. The molecule has 1 fully saturated rings. The van der Waals surface area contributed by atoms with E-state index in [1.165, 1.54) is 0 Å². The molecule has 6 heteroatoms. The Hall–Kier alpha value is -0.510. The number of carbonyl (C=O) groups excluding carboxylic acids is 1. The molecule has 0 bridgehead atoms. The topological polar surface area (TPSA) is 72.8 Å². The van der Waals surface area contributed by atoms with Crippen molar-refractivity contribution in [1.82, 2.24) is 0 Å². The average molecular weight is 192 g/mol. The minimum atomic E-state index is -1.04. The first-order chi connectivity index (χ1) is 5.75. The van der Waals surface area contributed by atoms with Crippen LogP contribution >= 0.6 is 8.69 Å². The molecule has 0 aromatic rings. The van der Waals surface area contributed by atoms with E-state index < -0.39 is 20.8 Å². The van der Waals surface area contributed by atoms with Crippen LogP contribution in [0.3, 0.4) is 0 Å². The molecule has 1 aliphatic carbocycles. The molecule has 1 atom stereocenters. The summed E-state index contributed by atoms with van der Waals surface area (Å²) in [6.07, 6.45) is 0.672. The van der Waals surface area contributed by atoms with Crippen molar-refractivity contribution >= 4 is 14.7 Å². The van der Waals surface area contributed by atoms with Crippen molar-refractivity contribution in [3.63, 3.8) is 0 Å². The van der Waals surface area contributed by atoms with E-state index in [-0.39, 0.29) is 12.7 Å². The molecule has 0 aromatic heterocycles. The number of aliphatic hydroxyl groups is 1. The molecule has 5 nitrogen and oxygen atoms in total. The SMILES string of the molecule is O=POCOC(=O)C(O)C1CC1. The highest BCUT2D eigenvalue weighted by molar-refractivity contribution is 7.17. The Labute approximate surface area is 70.9 Å². The van der Waals surface area contributed by atoms with E-state index in [9.17, 15) is 9.36 Å². The summed E-state index contributed by atoms with van der Waals surface area (Å²) in [6, 6.07) is 0. The van der Waals surface area contributed by atoms with Gasteiger partial charge in [-0.3, -0.25) is 4.52 Å². The molecular weight excluding hydrogens is 183 g/mol. The van der Waals surface area contributed by atoms with Gasteiger partial charge in [0.25, 0.3) is 0 Å². The number of aliphatic hydroxyl groups excluding tert-OH is 1. The fourth-order valence-corrected chi connectivity index (χ4v) is 0.891.